The van der Waals surface area contributed by atoms with Crippen LogP contribution in [0.15, 0.2) is 30.3 Å². The van der Waals surface area contributed by atoms with Crippen LogP contribution in [0.1, 0.15) is 57.4 Å². The molecule has 0 bridgehead atoms. The molecule has 1 aromatic carbocycles. The summed E-state index contributed by atoms with van der Waals surface area (Å²) in [7, 11) is 0. The van der Waals surface area contributed by atoms with Crippen LogP contribution in [0.25, 0.3) is 0 Å². The van der Waals surface area contributed by atoms with Crippen molar-refractivity contribution in [2.24, 2.45) is 5.92 Å². The average molecular weight is 262 g/mol. The van der Waals surface area contributed by atoms with Gasteiger partial charge in [-0.2, -0.15) is 0 Å². The van der Waals surface area contributed by atoms with Crippen molar-refractivity contribution < 1.29 is 9.90 Å². The number of carbonyl (C=O) groups is 1. The number of carboxylic acids is 1. The summed E-state index contributed by atoms with van der Waals surface area (Å²) in [5, 5.41) is 8.53. The molecule has 1 atom stereocenters. The van der Waals surface area contributed by atoms with E-state index in [4.69, 9.17) is 5.11 Å². The van der Waals surface area contributed by atoms with E-state index in [-0.39, 0.29) is 0 Å². The first-order chi connectivity index (χ1) is 9.18. The molecule has 0 aliphatic carbocycles. The minimum Gasteiger partial charge on any atom is -0.481 e. The Labute approximate surface area is 116 Å². The van der Waals surface area contributed by atoms with Crippen LogP contribution >= 0.6 is 0 Å². The average Bonchev–Trinajstić information content (AvgIpc) is 2.38. The molecule has 0 saturated carbocycles. The number of unbranched alkanes of at least 4 members (excludes halogenated alkanes) is 4. The molecule has 19 heavy (non-hydrogen) atoms. The zero-order valence-corrected chi connectivity index (χ0v) is 12.0. The first-order valence-corrected chi connectivity index (χ1v) is 7.44. The van der Waals surface area contributed by atoms with E-state index in [9.17, 15) is 4.79 Å². The molecule has 0 aliphatic heterocycles. The smallest absolute Gasteiger partial charge is 0.303 e. The number of rotatable bonds is 10. The zero-order valence-electron chi connectivity index (χ0n) is 12.0. The minimum atomic E-state index is -0.670. The lowest BCUT2D eigenvalue weighted by atomic mass is 9.95. The molecule has 106 valence electrons. The topological polar surface area (TPSA) is 37.3 Å². The van der Waals surface area contributed by atoms with Crippen molar-refractivity contribution in [3.63, 3.8) is 0 Å². The lowest BCUT2D eigenvalue weighted by Gasteiger charge is -2.11. The lowest BCUT2D eigenvalue weighted by Crippen LogP contribution is -1.99. The van der Waals surface area contributed by atoms with Gasteiger partial charge in [-0.05, 0) is 24.3 Å². The zero-order chi connectivity index (χ0) is 13.9. The van der Waals surface area contributed by atoms with Gasteiger partial charge in [-0.1, -0.05) is 69.4 Å². The molecular formula is C17H26O2. The van der Waals surface area contributed by atoms with Gasteiger partial charge in [0.25, 0.3) is 0 Å². The number of carboxylic acid groups (broad SMARTS) is 1. The van der Waals surface area contributed by atoms with Gasteiger partial charge in [0.05, 0.1) is 0 Å². The Morgan fingerprint density at radius 3 is 2.37 bits per heavy atom. The van der Waals surface area contributed by atoms with E-state index in [1.54, 1.807) is 0 Å². The van der Waals surface area contributed by atoms with Crippen molar-refractivity contribution in [3.8, 4) is 0 Å². The quantitative estimate of drug-likeness (QED) is 0.622. The fourth-order valence-electron chi connectivity index (χ4n) is 2.42. The lowest BCUT2D eigenvalue weighted by molar-refractivity contribution is -0.137. The summed E-state index contributed by atoms with van der Waals surface area (Å²) >= 11 is 0. The second-order valence-corrected chi connectivity index (χ2v) is 5.50. The maximum absolute atomic E-state index is 10.4. The van der Waals surface area contributed by atoms with Gasteiger partial charge >= 0.3 is 5.97 Å². The van der Waals surface area contributed by atoms with E-state index < -0.39 is 5.97 Å². The second-order valence-electron chi connectivity index (χ2n) is 5.50. The molecular weight excluding hydrogens is 236 g/mol. The van der Waals surface area contributed by atoms with Crippen molar-refractivity contribution >= 4 is 5.97 Å². The maximum Gasteiger partial charge on any atom is 0.303 e. The molecule has 0 heterocycles. The molecule has 2 heteroatoms. The molecule has 0 aromatic heterocycles. The molecule has 0 radical (unpaired) electrons. The van der Waals surface area contributed by atoms with Crippen molar-refractivity contribution in [1.82, 2.24) is 0 Å². The summed E-state index contributed by atoms with van der Waals surface area (Å²) < 4.78 is 0. The molecule has 0 amide bonds. The van der Waals surface area contributed by atoms with Crippen LogP contribution in [0.4, 0.5) is 0 Å². The van der Waals surface area contributed by atoms with Crippen LogP contribution < -0.4 is 0 Å². The van der Waals surface area contributed by atoms with Crippen LogP contribution in [0, 0.1) is 5.92 Å². The second kappa shape index (κ2) is 9.60. The van der Waals surface area contributed by atoms with Gasteiger partial charge < -0.3 is 5.11 Å². The van der Waals surface area contributed by atoms with Gasteiger partial charge in [-0.25, -0.2) is 0 Å². The number of hydrogen-bond acceptors (Lipinski definition) is 1. The number of aliphatic carboxylic acids is 1. The van der Waals surface area contributed by atoms with E-state index in [1.807, 2.05) is 0 Å². The summed E-state index contributed by atoms with van der Waals surface area (Å²) in [6.45, 7) is 2.32. The first kappa shape index (κ1) is 15.7. The van der Waals surface area contributed by atoms with E-state index in [0.29, 0.717) is 6.42 Å². The molecule has 1 N–H and O–H groups in total. The molecule has 1 rings (SSSR count). The van der Waals surface area contributed by atoms with Crippen molar-refractivity contribution in [2.75, 3.05) is 0 Å². The standard InChI is InChI=1S/C17H26O2/c1-15(14-16-11-7-5-8-12-16)10-6-3-2-4-9-13-17(18)19/h5,7-8,11-12,15H,2-4,6,9-10,13-14H2,1H3,(H,18,19). The van der Waals surface area contributed by atoms with Gasteiger partial charge in [-0.3, -0.25) is 4.79 Å². The Bertz CT molecular complexity index is 346. The summed E-state index contributed by atoms with van der Waals surface area (Å²) in [5.74, 6) is 0.0675. The minimum absolute atomic E-state index is 0.324. The van der Waals surface area contributed by atoms with Crippen LogP contribution in [0.2, 0.25) is 0 Å². The predicted octanol–water partition coefficient (Wildman–Crippen LogP) is 4.68. The van der Waals surface area contributed by atoms with Crippen molar-refractivity contribution in [3.05, 3.63) is 35.9 Å². The summed E-state index contributed by atoms with van der Waals surface area (Å²) in [4.78, 5) is 10.4. The molecule has 2 nitrogen and oxygen atoms in total. The highest BCUT2D eigenvalue weighted by Crippen LogP contribution is 2.16. The Kier molecular flexibility index (Phi) is 7.95. The number of benzene rings is 1. The molecule has 0 spiro atoms. The molecule has 1 unspecified atom stereocenters. The molecule has 1 aromatic rings. The summed E-state index contributed by atoms with van der Waals surface area (Å²) in [6.07, 6.45) is 8.32. The SMILES string of the molecule is CC(CCCCCCCC(=O)O)Cc1ccccc1. The molecule has 0 saturated heterocycles. The van der Waals surface area contributed by atoms with Crippen LogP contribution in [0.3, 0.4) is 0 Å². The maximum atomic E-state index is 10.4. The Hall–Kier alpha value is -1.31. The van der Waals surface area contributed by atoms with E-state index in [0.717, 1.165) is 18.8 Å². The predicted molar refractivity (Wildman–Crippen MR) is 79.3 cm³/mol. The third-order valence-electron chi connectivity index (χ3n) is 3.51. The van der Waals surface area contributed by atoms with Crippen molar-refractivity contribution in [2.45, 2.75) is 58.3 Å². The van der Waals surface area contributed by atoms with Gasteiger partial charge in [0.15, 0.2) is 0 Å². The van der Waals surface area contributed by atoms with Gasteiger partial charge in [0, 0.05) is 6.42 Å². The Morgan fingerprint density at radius 1 is 1.05 bits per heavy atom. The summed E-state index contributed by atoms with van der Waals surface area (Å²) in [5.41, 5.74) is 1.43. The number of hydrogen-bond donors (Lipinski definition) is 1. The van der Waals surface area contributed by atoms with E-state index in [1.165, 1.54) is 37.7 Å². The van der Waals surface area contributed by atoms with E-state index >= 15 is 0 Å². The van der Waals surface area contributed by atoms with Gasteiger partial charge in [0.1, 0.15) is 0 Å². The molecule has 0 aliphatic rings. The highest BCUT2D eigenvalue weighted by Gasteiger charge is 2.03. The molecule has 0 fully saturated rings. The third-order valence-corrected chi connectivity index (χ3v) is 3.51. The van der Waals surface area contributed by atoms with Gasteiger partial charge in [-0.15, -0.1) is 0 Å². The van der Waals surface area contributed by atoms with Gasteiger partial charge in [0.2, 0.25) is 0 Å². The monoisotopic (exact) mass is 262 g/mol. The highest BCUT2D eigenvalue weighted by molar-refractivity contribution is 5.66. The first-order valence-electron chi connectivity index (χ1n) is 7.44. The fraction of sp³-hybridized carbons (Fsp3) is 0.588. The third kappa shape index (κ3) is 8.41. The van der Waals surface area contributed by atoms with Crippen molar-refractivity contribution in [1.29, 1.82) is 0 Å². The van der Waals surface area contributed by atoms with Crippen LogP contribution in [-0.2, 0) is 11.2 Å². The largest absolute Gasteiger partial charge is 0.481 e. The van der Waals surface area contributed by atoms with Crippen LogP contribution in [0.5, 0.6) is 0 Å². The summed E-state index contributed by atoms with van der Waals surface area (Å²) in [6, 6.07) is 10.7. The Balaban J connectivity index is 1.99. The normalized spacial score (nSPS) is 12.3. The Morgan fingerprint density at radius 2 is 1.68 bits per heavy atom. The highest BCUT2D eigenvalue weighted by atomic mass is 16.4. The fourth-order valence-corrected chi connectivity index (χ4v) is 2.42. The van der Waals surface area contributed by atoms with E-state index in [2.05, 4.69) is 37.3 Å². The van der Waals surface area contributed by atoms with Crippen LogP contribution in [-0.4, -0.2) is 11.1 Å².